The fraction of sp³-hybridized carbons (Fsp3) is 0.0500. The van der Waals surface area contributed by atoms with Crippen LogP contribution in [-0.4, -0.2) is 11.0 Å². The number of anilines is 1. The standard InChI is InChI=1S/C20H14FNO2/c21-15-7-10-17-14(11-15)12-22(19-4-2-1-3-18(17)19)20(24)13-5-8-16(23)9-6-13/h1-11,23H,12H2. The minimum atomic E-state index is -0.315. The Morgan fingerprint density at radius 2 is 1.71 bits per heavy atom. The molecule has 1 aliphatic rings. The summed E-state index contributed by atoms with van der Waals surface area (Å²) < 4.78 is 13.6. The quantitative estimate of drug-likeness (QED) is 0.724. The van der Waals surface area contributed by atoms with E-state index in [1.807, 2.05) is 24.3 Å². The summed E-state index contributed by atoms with van der Waals surface area (Å²) in [5, 5.41) is 9.40. The number of rotatable bonds is 1. The summed E-state index contributed by atoms with van der Waals surface area (Å²) in [5.41, 5.74) is 3.91. The Kier molecular flexibility index (Phi) is 3.31. The predicted molar refractivity (Wildman–Crippen MR) is 90.5 cm³/mol. The third-order valence-corrected chi connectivity index (χ3v) is 4.24. The van der Waals surface area contributed by atoms with Gasteiger partial charge in [0.1, 0.15) is 11.6 Å². The number of nitrogens with zero attached hydrogens (tertiary/aromatic N) is 1. The van der Waals surface area contributed by atoms with Gasteiger partial charge >= 0.3 is 0 Å². The summed E-state index contributed by atoms with van der Waals surface area (Å²) in [4.78, 5) is 14.6. The van der Waals surface area contributed by atoms with E-state index in [1.54, 1.807) is 23.1 Å². The van der Waals surface area contributed by atoms with Crippen molar-refractivity contribution in [2.45, 2.75) is 6.54 Å². The van der Waals surface area contributed by atoms with E-state index in [2.05, 4.69) is 0 Å². The normalized spacial score (nSPS) is 12.5. The number of phenols is 1. The molecule has 0 fully saturated rings. The molecular weight excluding hydrogens is 305 g/mol. The molecular formula is C20H14FNO2. The predicted octanol–water partition coefficient (Wildman–Crippen LogP) is 4.36. The highest BCUT2D eigenvalue weighted by molar-refractivity contribution is 6.09. The molecule has 24 heavy (non-hydrogen) atoms. The highest BCUT2D eigenvalue weighted by Crippen LogP contribution is 2.39. The molecule has 3 aromatic carbocycles. The highest BCUT2D eigenvalue weighted by Gasteiger charge is 2.27. The minimum Gasteiger partial charge on any atom is -0.508 e. The molecule has 0 unspecified atom stereocenters. The van der Waals surface area contributed by atoms with Crippen molar-refractivity contribution in [3.05, 3.63) is 83.7 Å². The Morgan fingerprint density at radius 3 is 2.50 bits per heavy atom. The molecule has 1 amide bonds. The number of halogens is 1. The van der Waals surface area contributed by atoms with Crippen molar-refractivity contribution in [1.29, 1.82) is 0 Å². The van der Waals surface area contributed by atoms with Gasteiger partial charge in [-0.3, -0.25) is 4.79 Å². The van der Waals surface area contributed by atoms with Crippen LogP contribution in [0.2, 0.25) is 0 Å². The Hall–Kier alpha value is -3.14. The van der Waals surface area contributed by atoms with Gasteiger partial charge in [0.05, 0.1) is 12.2 Å². The van der Waals surface area contributed by atoms with Crippen molar-refractivity contribution in [2.75, 3.05) is 4.90 Å². The second-order valence-electron chi connectivity index (χ2n) is 5.76. The van der Waals surface area contributed by atoms with Crippen molar-refractivity contribution in [1.82, 2.24) is 0 Å². The van der Waals surface area contributed by atoms with Crippen LogP contribution in [0.5, 0.6) is 5.75 Å². The fourth-order valence-corrected chi connectivity index (χ4v) is 3.09. The number of hydrogen-bond acceptors (Lipinski definition) is 2. The topological polar surface area (TPSA) is 40.5 Å². The van der Waals surface area contributed by atoms with E-state index in [9.17, 15) is 14.3 Å². The van der Waals surface area contributed by atoms with Gasteiger partial charge in [0.15, 0.2) is 0 Å². The van der Waals surface area contributed by atoms with Crippen molar-refractivity contribution >= 4 is 11.6 Å². The zero-order valence-corrected chi connectivity index (χ0v) is 12.7. The maximum Gasteiger partial charge on any atom is 0.258 e. The van der Waals surface area contributed by atoms with Gasteiger partial charge in [-0.2, -0.15) is 0 Å². The second-order valence-corrected chi connectivity index (χ2v) is 5.76. The molecule has 4 rings (SSSR count). The second kappa shape index (κ2) is 5.49. The fourth-order valence-electron chi connectivity index (χ4n) is 3.09. The first-order valence-electron chi connectivity index (χ1n) is 7.62. The summed E-state index contributed by atoms with van der Waals surface area (Å²) >= 11 is 0. The molecule has 0 radical (unpaired) electrons. The van der Waals surface area contributed by atoms with E-state index in [4.69, 9.17) is 0 Å². The Bertz CT molecular complexity index is 935. The summed E-state index contributed by atoms with van der Waals surface area (Å²) in [6, 6.07) is 18.4. The first kappa shape index (κ1) is 14.5. The van der Waals surface area contributed by atoms with Gasteiger partial charge < -0.3 is 10.0 Å². The Morgan fingerprint density at radius 1 is 0.958 bits per heavy atom. The molecule has 3 nitrogen and oxygen atoms in total. The number of hydrogen-bond donors (Lipinski definition) is 1. The molecule has 118 valence electrons. The molecule has 0 saturated carbocycles. The number of carbonyl (C=O) groups excluding carboxylic acids is 1. The summed E-state index contributed by atoms with van der Waals surface area (Å²) in [5.74, 6) is -0.388. The number of phenolic OH excluding ortho intramolecular Hbond substituents is 1. The number of para-hydroxylation sites is 1. The molecule has 3 aromatic rings. The average Bonchev–Trinajstić information content (AvgIpc) is 2.61. The van der Waals surface area contributed by atoms with E-state index >= 15 is 0 Å². The summed E-state index contributed by atoms with van der Waals surface area (Å²) in [6.07, 6.45) is 0. The molecule has 0 atom stereocenters. The number of benzene rings is 3. The van der Waals surface area contributed by atoms with Crippen LogP contribution in [0.25, 0.3) is 11.1 Å². The van der Waals surface area contributed by atoms with E-state index in [0.29, 0.717) is 12.1 Å². The van der Waals surface area contributed by atoms with Gasteiger partial charge in [0, 0.05) is 11.1 Å². The number of amides is 1. The van der Waals surface area contributed by atoms with Crippen LogP contribution in [-0.2, 0) is 6.54 Å². The molecule has 0 bridgehead atoms. The maximum atomic E-state index is 13.6. The third kappa shape index (κ3) is 2.33. The van der Waals surface area contributed by atoms with E-state index in [-0.39, 0.29) is 17.5 Å². The van der Waals surface area contributed by atoms with Gasteiger partial charge in [0.25, 0.3) is 5.91 Å². The van der Waals surface area contributed by atoms with Crippen molar-refractivity contribution in [3.63, 3.8) is 0 Å². The minimum absolute atomic E-state index is 0.109. The molecule has 1 aliphatic heterocycles. The van der Waals surface area contributed by atoms with Crippen LogP contribution in [0, 0.1) is 5.82 Å². The highest BCUT2D eigenvalue weighted by atomic mass is 19.1. The number of fused-ring (bicyclic) bond motifs is 3. The van der Waals surface area contributed by atoms with Gasteiger partial charge in [-0.25, -0.2) is 4.39 Å². The Labute approximate surface area is 138 Å². The zero-order chi connectivity index (χ0) is 16.7. The molecule has 4 heteroatoms. The molecule has 0 spiro atoms. The summed E-state index contributed by atoms with van der Waals surface area (Å²) in [6.45, 7) is 0.309. The molecule has 0 saturated heterocycles. The van der Waals surface area contributed by atoms with Gasteiger partial charge in [0.2, 0.25) is 0 Å². The Balaban J connectivity index is 1.83. The van der Waals surface area contributed by atoms with Gasteiger partial charge in [-0.1, -0.05) is 24.3 Å². The number of aromatic hydroxyl groups is 1. The van der Waals surface area contributed by atoms with Gasteiger partial charge in [-0.15, -0.1) is 0 Å². The zero-order valence-electron chi connectivity index (χ0n) is 12.7. The third-order valence-electron chi connectivity index (χ3n) is 4.24. The monoisotopic (exact) mass is 319 g/mol. The van der Waals surface area contributed by atoms with Crippen LogP contribution in [0.4, 0.5) is 10.1 Å². The SMILES string of the molecule is O=C(c1ccc(O)cc1)N1Cc2cc(F)ccc2-c2ccccc21. The van der Waals surface area contributed by atoms with Crippen molar-refractivity contribution in [3.8, 4) is 16.9 Å². The van der Waals surface area contributed by atoms with Crippen LogP contribution >= 0.6 is 0 Å². The molecule has 0 aliphatic carbocycles. The molecule has 0 aromatic heterocycles. The van der Waals surface area contributed by atoms with Gasteiger partial charge in [-0.05, 0) is 53.6 Å². The maximum absolute atomic E-state index is 13.6. The molecule has 1 heterocycles. The largest absolute Gasteiger partial charge is 0.508 e. The average molecular weight is 319 g/mol. The first-order valence-corrected chi connectivity index (χ1v) is 7.62. The lowest BCUT2D eigenvalue weighted by atomic mass is 9.93. The van der Waals surface area contributed by atoms with Crippen molar-refractivity contribution in [2.24, 2.45) is 0 Å². The lowest BCUT2D eigenvalue weighted by molar-refractivity contribution is 0.0985. The number of carbonyl (C=O) groups is 1. The van der Waals surface area contributed by atoms with E-state index < -0.39 is 0 Å². The van der Waals surface area contributed by atoms with E-state index in [0.717, 1.165) is 22.4 Å². The van der Waals surface area contributed by atoms with Crippen LogP contribution in [0.1, 0.15) is 15.9 Å². The smallest absolute Gasteiger partial charge is 0.258 e. The van der Waals surface area contributed by atoms with Crippen LogP contribution in [0.15, 0.2) is 66.7 Å². The van der Waals surface area contributed by atoms with Crippen LogP contribution in [0.3, 0.4) is 0 Å². The lowest BCUT2D eigenvalue weighted by Gasteiger charge is -2.31. The van der Waals surface area contributed by atoms with Crippen molar-refractivity contribution < 1.29 is 14.3 Å². The van der Waals surface area contributed by atoms with E-state index in [1.165, 1.54) is 24.3 Å². The lowest BCUT2D eigenvalue weighted by Crippen LogP contribution is -2.33. The first-order chi connectivity index (χ1) is 11.6. The molecule has 1 N–H and O–H groups in total. The summed E-state index contributed by atoms with van der Waals surface area (Å²) in [7, 11) is 0. The van der Waals surface area contributed by atoms with Crippen LogP contribution < -0.4 is 4.90 Å².